The van der Waals surface area contributed by atoms with E-state index in [1.54, 1.807) is 0 Å². The highest BCUT2D eigenvalue weighted by Gasteiger charge is 2.38. The van der Waals surface area contributed by atoms with Gasteiger partial charge in [-0.15, -0.1) is 0 Å². The zero-order valence-electron chi connectivity index (χ0n) is 16.0. The molecule has 1 aromatic carbocycles. The molecule has 2 fully saturated rings. The van der Waals surface area contributed by atoms with Gasteiger partial charge in [0.2, 0.25) is 11.8 Å². The molecule has 0 aromatic heterocycles. The van der Waals surface area contributed by atoms with Gasteiger partial charge < -0.3 is 10.2 Å². The van der Waals surface area contributed by atoms with Gasteiger partial charge in [-0.1, -0.05) is 30.5 Å². The summed E-state index contributed by atoms with van der Waals surface area (Å²) in [5, 5.41) is 3.06. The Hall–Kier alpha value is -2.57. The number of rotatable bonds is 5. The largest absolute Gasteiger partial charge is 0.376 e. The van der Waals surface area contributed by atoms with Crippen LogP contribution in [-0.4, -0.2) is 41.8 Å². The molecule has 0 bridgehead atoms. The fourth-order valence-corrected chi connectivity index (χ4v) is 3.94. The highest BCUT2D eigenvalue weighted by Crippen LogP contribution is 2.29. The van der Waals surface area contributed by atoms with E-state index in [4.69, 9.17) is 0 Å². The minimum absolute atomic E-state index is 0.0462. The number of carbonyl (C=O) groups is 3. The van der Waals surface area contributed by atoms with Gasteiger partial charge in [-0.3, -0.25) is 25.2 Å². The summed E-state index contributed by atoms with van der Waals surface area (Å²) in [4.78, 5) is 38.3. The van der Waals surface area contributed by atoms with Gasteiger partial charge in [0.05, 0.1) is 12.5 Å². The number of benzene rings is 1. The van der Waals surface area contributed by atoms with Crippen LogP contribution >= 0.6 is 0 Å². The average Bonchev–Trinajstić information content (AvgIpc) is 3.28. The standard InChI is InChI=1S/C20H28N4O3/c1-13-7-8-17(14(2)9-13)21-11-18(25)22-23-20(27)15-10-19(26)24(12-15)16-5-3-4-6-16/h7-9,15-16,21H,3-6,10-12H2,1-2H3,(H,22,25)(H,23,27). The summed E-state index contributed by atoms with van der Waals surface area (Å²) in [6, 6.07) is 6.22. The lowest BCUT2D eigenvalue weighted by Gasteiger charge is -2.23. The van der Waals surface area contributed by atoms with Crippen molar-refractivity contribution in [2.24, 2.45) is 5.92 Å². The van der Waals surface area contributed by atoms with Crippen LogP contribution in [0.5, 0.6) is 0 Å². The Morgan fingerprint density at radius 2 is 1.89 bits per heavy atom. The van der Waals surface area contributed by atoms with Crippen LogP contribution in [0, 0.1) is 19.8 Å². The van der Waals surface area contributed by atoms with Gasteiger partial charge in [-0.05, 0) is 38.3 Å². The smallest absolute Gasteiger partial charge is 0.257 e. The SMILES string of the molecule is Cc1ccc(NCC(=O)NNC(=O)C2CC(=O)N(C3CCCC3)C2)c(C)c1. The molecule has 146 valence electrons. The van der Waals surface area contributed by atoms with Gasteiger partial charge in [0.25, 0.3) is 5.91 Å². The first-order valence-electron chi connectivity index (χ1n) is 9.63. The van der Waals surface area contributed by atoms with Crippen LogP contribution in [0.4, 0.5) is 5.69 Å². The van der Waals surface area contributed by atoms with Crippen LogP contribution in [0.25, 0.3) is 0 Å². The molecule has 3 rings (SSSR count). The third-order valence-electron chi connectivity index (χ3n) is 5.44. The number of hydrogen-bond acceptors (Lipinski definition) is 4. The highest BCUT2D eigenvalue weighted by atomic mass is 16.2. The number of aryl methyl sites for hydroxylation is 2. The zero-order valence-corrected chi connectivity index (χ0v) is 16.0. The van der Waals surface area contributed by atoms with Gasteiger partial charge in [0.15, 0.2) is 0 Å². The molecule has 27 heavy (non-hydrogen) atoms. The van der Waals surface area contributed by atoms with Crippen molar-refractivity contribution in [2.45, 2.75) is 52.0 Å². The van der Waals surface area contributed by atoms with Crippen LogP contribution in [-0.2, 0) is 14.4 Å². The Morgan fingerprint density at radius 1 is 1.15 bits per heavy atom. The lowest BCUT2D eigenvalue weighted by molar-refractivity contribution is -0.131. The summed E-state index contributed by atoms with van der Waals surface area (Å²) in [5.41, 5.74) is 7.99. The van der Waals surface area contributed by atoms with Gasteiger partial charge in [-0.2, -0.15) is 0 Å². The molecule has 2 aliphatic rings. The van der Waals surface area contributed by atoms with E-state index >= 15 is 0 Å². The molecular weight excluding hydrogens is 344 g/mol. The van der Waals surface area contributed by atoms with Crippen LogP contribution in [0.2, 0.25) is 0 Å². The second-order valence-electron chi connectivity index (χ2n) is 7.59. The molecule has 7 heteroatoms. The van der Waals surface area contributed by atoms with Crippen molar-refractivity contribution >= 4 is 23.4 Å². The molecule has 3 N–H and O–H groups in total. The third-order valence-corrected chi connectivity index (χ3v) is 5.44. The number of hydrogen-bond donors (Lipinski definition) is 3. The molecule has 0 spiro atoms. The van der Waals surface area contributed by atoms with E-state index in [2.05, 4.69) is 16.2 Å². The number of nitrogens with one attached hydrogen (secondary N) is 3. The Balaban J connectivity index is 1.42. The predicted octanol–water partition coefficient (Wildman–Crippen LogP) is 1.65. The van der Waals surface area contributed by atoms with Crippen molar-refractivity contribution in [1.29, 1.82) is 0 Å². The minimum Gasteiger partial charge on any atom is -0.376 e. The Bertz CT molecular complexity index is 728. The summed E-state index contributed by atoms with van der Waals surface area (Å²) in [7, 11) is 0. The molecule has 1 aliphatic carbocycles. The predicted molar refractivity (Wildman–Crippen MR) is 103 cm³/mol. The van der Waals surface area contributed by atoms with Gasteiger partial charge in [0.1, 0.15) is 0 Å². The van der Waals surface area contributed by atoms with Gasteiger partial charge in [0, 0.05) is 24.7 Å². The molecule has 7 nitrogen and oxygen atoms in total. The number of nitrogens with zero attached hydrogens (tertiary/aromatic N) is 1. The van der Waals surface area contributed by atoms with E-state index < -0.39 is 5.92 Å². The quantitative estimate of drug-likeness (QED) is 0.686. The second kappa shape index (κ2) is 8.41. The van der Waals surface area contributed by atoms with E-state index in [9.17, 15) is 14.4 Å². The Kier molecular flexibility index (Phi) is 5.98. The molecule has 1 atom stereocenters. The molecule has 1 aliphatic heterocycles. The van der Waals surface area contributed by atoms with E-state index in [1.165, 1.54) is 0 Å². The fourth-order valence-electron chi connectivity index (χ4n) is 3.94. The molecule has 3 amide bonds. The van der Waals surface area contributed by atoms with Crippen LogP contribution in [0.15, 0.2) is 18.2 Å². The van der Waals surface area contributed by atoms with Crippen LogP contribution < -0.4 is 16.2 Å². The molecule has 1 aromatic rings. The van der Waals surface area contributed by atoms with Crippen molar-refractivity contribution in [3.8, 4) is 0 Å². The summed E-state index contributed by atoms with van der Waals surface area (Å²) in [5.74, 6) is -0.986. The van der Waals surface area contributed by atoms with E-state index in [1.807, 2.05) is 36.9 Å². The minimum atomic E-state index is -0.397. The topological polar surface area (TPSA) is 90.5 Å². The monoisotopic (exact) mass is 372 g/mol. The maximum Gasteiger partial charge on any atom is 0.257 e. The summed E-state index contributed by atoms with van der Waals surface area (Å²) < 4.78 is 0. The van der Waals surface area contributed by atoms with Gasteiger partial charge in [-0.25, -0.2) is 0 Å². The number of anilines is 1. The number of hydrazine groups is 1. The molecule has 1 saturated carbocycles. The average molecular weight is 372 g/mol. The third kappa shape index (κ3) is 4.78. The first kappa shape index (κ1) is 19.2. The second-order valence-corrected chi connectivity index (χ2v) is 7.59. The van der Waals surface area contributed by atoms with Crippen molar-refractivity contribution in [3.05, 3.63) is 29.3 Å². The van der Waals surface area contributed by atoms with Crippen LogP contribution in [0.1, 0.15) is 43.2 Å². The molecule has 1 unspecified atom stereocenters. The number of carbonyl (C=O) groups excluding carboxylic acids is 3. The fraction of sp³-hybridized carbons (Fsp3) is 0.550. The summed E-state index contributed by atoms with van der Waals surface area (Å²) in [6.45, 7) is 4.50. The molecule has 1 saturated heterocycles. The lowest BCUT2D eigenvalue weighted by Crippen LogP contribution is -2.47. The van der Waals surface area contributed by atoms with E-state index in [0.29, 0.717) is 6.54 Å². The molecule has 0 radical (unpaired) electrons. The number of likely N-dealkylation sites (tertiary alicyclic amines) is 1. The van der Waals surface area contributed by atoms with Crippen molar-refractivity contribution in [2.75, 3.05) is 18.4 Å². The summed E-state index contributed by atoms with van der Waals surface area (Å²) >= 11 is 0. The number of amides is 3. The van der Waals surface area contributed by atoms with E-state index in [0.717, 1.165) is 42.5 Å². The lowest BCUT2D eigenvalue weighted by atomic mass is 10.1. The van der Waals surface area contributed by atoms with Crippen LogP contribution in [0.3, 0.4) is 0 Å². The molecule has 1 heterocycles. The zero-order chi connectivity index (χ0) is 19.4. The normalized spacial score (nSPS) is 20.0. The Morgan fingerprint density at radius 3 is 2.59 bits per heavy atom. The summed E-state index contributed by atoms with van der Waals surface area (Å²) in [6.07, 6.45) is 4.57. The Labute approximate surface area is 159 Å². The first-order valence-corrected chi connectivity index (χ1v) is 9.63. The first-order chi connectivity index (χ1) is 12.9. The highest BCUT2D eigenvalue weighted by molar-refractivity contribution is 5.91. The maximum atomic E-state index is 12.3. The van der Waals surface area contributed by atoms with Crippen molar-refractivity contribution < 1.29 is 14.4 Å². The van der Waals surface area contributed by atoms with E-state index in [-0.39, 0.29) is 36.7 Å². The van der Waals surface area contributed by atoms with Crippen molar-refractivity contribution in [3.63, 3.8) is 0 Å². The molecular formula is C20H28N4O3. The van der Waals surface area contributed by atoms with Crippen molar-refractivity contribution in [1.82, 2.24) is 15.8 Å². The van der Waals surface area contributed by atoms with Gasteiger partial charge >= 0.3 is 0 Å². The maximum absolute atomic E-state index is 12.3.